The molecule has 0 radical (unpaired) electrons. The standard InChI is InChI=1S/C19H25F2NO/c1-22-9-8-19-7-3-2-4-15(19)17(22)10-13-5-6-14(11-16(13)19)23-12-18(20)21/h5-6,11,15,17-18H,2-4,7-10,12H2,1H3/t15?,17?,19-/m0/s1. The van der Waals surface area contributed by atoms with Gasteiger partial charge in [0.25, 0.3) is 6.43 Å². The molecule has 0 spiro atoms. The maximum absolute atomic E-state index is 12.4. The molecule has 23 heavy (non-hydrogen) atoms. The number of likely N-dealkylation sites (N-methyl/N-ethyl adjacent to an activating group) is 1. The topological polar surface area (TPSA) is 12.5 Å². The van der Waals surface area contributed by atoms with Crippen molar-refractivity contribution in [2.75, 3.05) is 20.2 Å². The van der Waals surface area contributed by atoms with Crippen molar-refractivity contribution < 1.29 is 13.5 Å². The molecule has 0 aromatic heterocycles. The number of nitrogens with zero attached hydrogens (tertiary/aromatic N) is 1. The van der Waals surface area contributed by atoms with Crippen LogP contribution in [0.1, 0.15) is 43.2 Å². The van der Waals surface area contributed by atoms with E-state index < -0.39 is 13.0 Å². The Balaban J connectivity index is 1.73. The molecule has 2 bridgehead atoms. The van der Waals surface area contributed by atoms with Gasteiger partial charge in [-0.3, -0.25) is 0 Å². The fourth-order valence-electron chi connectivity index (χ4n) is 5.42. The van der Waals surface area contributed by atoms with Crippen molar-refractivity contribution in [3.05, 3.63) is 29.3 Å². The monoisotopic (exact) mass is 321 g/mol. The van der Waals surface area contributed by atoms with Crippen molar-refractivity contribution in [1.82, 2.24) is 4.90 Å². The molecule has 2 fully saturated rings. The summed E-state index contributed by atoms with van der Waals surface area (Å²) >= 11 is 0. The molecule has 126 valence electrons. The van der Waals surface area contributed by atoms with Crippen molar-refractivity contribution in [3.8, 4) is 5.75 Å². The fraction of sp³-hybridized carbons (Fsp3) is 0.684. The van der Waals surface area contributed by atoms with Crippen molar-refractivity contribution in [2.24, 2.45) is 5.92 Å². The molecule has 1 aliphatic heterocycles. The van der Waals surface area contributed by atoms with E-state index >= 15 is 0 Å². The quantitative estimate of drug-likeness (QED) is 0.834. The first-order valence-electron chi connectivity index (χ1n) is 8.85. The summed E-state index contributed by atoms with van der Waals surface area (Å²) in [6.07, 6.45) is 5.02. The highest BCUT2D eigenvalue weighted by Crippen LogP contribution is 2.55. The van der Waals surface area contributed by atoms with Gasteiger partial charge < -0.3 is 9.64 Å². The van der Waals surface area contributed by atoms with Gasteiger partial charge in [-0.1, -0.05) is 18.9 Å². The summed E-state index contributed by atoms with van der Waals surface area (Å²) in [5.41, 5.74) is 3.06. The van der Waals surface area contributed by atoms with E-state index in [1.54, 1.807) is 0 Å². The molecule has 3 atom stereocenters. The zero-order valence-electron chi connectivity index (χ0n) is 13.7. The summed E-state index contributed by atoms with van der Waals surface area (Å²) in [6.45, 7) is 0.628. The van der Waals surface area contributed by atoms with Crippen molar-refractivity contribution in [1.29, 1.82) is 0 Å². The maximum atomic E-state index is 12.4. The zero-order chi connectivity index (χ0) is 16.0. The molecule has 4 heteroatoms. The molecule has 2 aliphatic carbocycles. The molecule has 3 aliphatic rings. The Morgan fingerprint density at radius 3 is 3.00 bits per heavy atom. The Morgan fingerprint density at radius 2 is 2.17 bits per heavy atom. The van der Waals surface area contributed by atoms with Crippen LogP contribution in [0.4, 0.5) is 8.78 Å². The summed E-state index contributed by atoms with van der Waals surface area (Å²) in [6, 6.07) is 6.72. The number of piperidine rings is 1. The molecule has 2 unspecified atom stereocenters. The summed E-state index contributed by atoms with van der Waals surface area (Å²) in [5, 5.41) is 0. The Kier molecular flexibility index (Phi) is 3.83. The molecule has 1 heterocycles. The lowest BCUT2D eigenvalue weighted by Gasteiger charge is -2.58. The second-order valence-electron chi connectivity index (χ2n) is 7.53. The number of benzene rings is 1. The van der Waals surface area contributed by atoms with Gasteiger partial charge in [0, 0.05) is 11.5 Å². The van der Waals surface area contributed by atoms with Gasteiger partial charge in [0.2, 0.25) is 0 Å². The van der Waals surface area contributed by atoms with Gasteiger partial charge in [0.1, 0.15) is 12.4 Å². The molecule has 2 nitrogen and oxygen atoms in total. The van der Waals surface area contributed by atoms with Gasteiger partial charge in [0.05, 0.1) is 0 Å². The lowest BCUT2D eigenvalue weighted by atomic mass is 9.52. The SMILES string of the molecule is CN1CC[C@@]23CCCCC2C1Cc1ccc(OCC(F)F)cc13. The van der Waals surface area contributed by atoms with Gasteiger partial charge >= 0.3 is 0 Å². The Hall–Kier alpha value is -1.16. The first kappa shape index (κ1) is 15.4. The van der Waals surface area contributed by atoms with Crippen LogP contribution in [0.25, 0.3) is 0 Å². The lowest BCUT2D eigenvalue weighted by molar-refractivity contribution is 0.00259. The number of rotatable bonds is 3. The van der Waals surface area contributed by atoms with Gasteiger partial charge in [0.15, 0.2) is 0 Å². The van der Waals surface area contributed by atoms with E-state index in [1.165, 1.54) is 43.2 Å². The van der Waals surface area contributed by atoms with E-state index in [0.717, 1.165) is 13.0 Å². The molecule has 1 aromatic carbocycles. The molecule has 1 aromatic rings. The third-order valence-electron chi connectivity index (χ3n) is 6.46. The molecular weight excluding hydrogens is 296 g/mol. The molecule has 1 saturated heterocycles. The minimum atomic E-state index is -2.42. The highest BCUT2D eigenvalue weighted by molar-refractivity contribution is 5.45. The van der Waals surface area contributed by atoms with Crippen LogP contribution in [0.15, 0.2) is 18.2 Å². The minimum Gasteiger partial charge on any atom is -0.488 e. The summed E-state index contributed by atoms with van der Waals surface area (Å²) in [4.78, 5) is 2.54. The van der Waals surface area contributed by atoms with Crippen LogP contribution in [0.2, 0.25) is 0 Å². The second-order valence-corrected chi connectivity index (χ2v) is 7.53. The Bertz CT molecular complexity index is 591. The van der Waals surface area contributed by atoms with Crippen LogP contribution < -0.4 is 4.74 Å². The maximum Gasteiger partial charge on any atom is 0.272 e. The molecule has 1 saturated carbocycles. The van der Waals surface area contributed by atoms with Crippen molar-refractivity contribution >= 4 is 0 Å². The normalized spacial score (nSPS) is 33.2. The first-order valence-corrected chi connectivity index (χ1v) is 8.85. The van der Waals surface area contributed by atoms with Crippen LogP contribution in [-0.4, -0.2) is 37.6 Å². The Labute approximate surface area is 136 Å². The zero-order valence-corrected chi connectivity index (χ0v) is 13.7. The molecule has 0 N–H and O–H groups in total. The number of likely N-dealkylation sites (tertiary alicyclic amines) is 1. The highest BCUT2D eigenvalue weighted by Gasteiger charge is 2.53. The molecule has 4 rings (SSSR count). The number of fused-ring (bicyclic) bond motifs is 1. The molecule has 0 amide bonds. The van der Waals surface area contributed by atoms with E-state index in [4.69, 9.17) is 4.74 Å². The van der Waals surface area contributed by atoms with Crippen molar-refractivity contribution in [2.45, 2.75) is 56.4 Å². The summed E-state index contributed by atoms with van der Waals surface area (Å²) in [5.74, 6) is 1.33. The van der Waals surface area contributed by atoms with E-state index in [0.29, 0.717) is 17.7 Å². The van der Waals surface area contributed by atoms with Crippen LogP contribution in [0.5, 0.6) is 5.75 Å². The number of hydrogen-bond donors (Lipinski definition) is 0. The van der Waals surface area contributed by atoms with Crippen molar-refractivity contribution in [3.63, 3.8) is 0 Å². The predicted octanol–water partition coefficient (Wildman–Crippen LogP) is 4.02. The third kappa shape index (κ3) is 2.46. The average molecular weight is 321 g/mol. The third-order valence-corrected chi connectivity index (χ3v) is 6.46. The first-order chi connectivity index (χ1) is 11.1. The van der Waals surface area contributed by atoms with Crippen LogP contribution in [0, 0.1) is 5.92 Å². The lowest BCUT2D eigenvalue weighted by Crippen LogP contribution is -2.59. The predicted molar refractivity (Wildman–Crippen MR) is 86.3 cm³/mol. The van der Waals surface area contributed by atoms with Gasteiger partial charge in [-0.05, 0) is 68.5 Å². The number of halogens is 2. The highest BCUT2D eigenvalue weighted by atomic mass is 19.3. The number of ether oxygens (including phenoxy) is 1. The Morgan fingerprint density at radius 1 is 1.30 bits per heavy atom. The number of hydrogen-bond acceptors (Lipinski definition) is 2. The smallest absolute Gasteiger partial charge is 0.272 e. The summed E-state index contributed by atoms with van der Waals surface area (Å²) in [7, 11) is 2.26. The minimum absolute atomic E-state index is 0.257. The summed E-state index contributed by atoms with van der Waals surface area (Å²) < 4.78 is 30.2. The average Bonchev–Trinajstić information content (AvgIpc) is 2.56. The largest absolute Gasteiger partial charge is 0.488 e. The second kappa shape index (κ2) is 5.73. The fourth-order valence-corrected chi connectivity index (χ4v) is 5.42. The molecular formula is C19H25F2NO. The van der Waals surface area contributed by atoms with Gasteiger partial charge in [-0.2, -0.15) is 0 Å². The van der Waals surface area contributed by atoms with Crippen LogP contribution in [-0.2, 0) is 11.8 Å². The van der Waals surface area contributed by atoms with Crippen LogP contribution in [0.3, 0.4) is 0 Å². The number of alkyl halides is 2. The van der Waals surface area contributed by atoms with E-state index in [1.807, 2.05) is 6.07 Å². The van der Waals surface area contributed by atoms with Crippen LogP contribution >= 0.6 is 0 Å². The van der Waals surface area contributed by atoms with Gasteiger partial charge in [-0.15, -0.1) is 0 Å². The van der Waals surface area contributed by atoms with E-state index in [9.17, 15) is 8.78 Å². The van der Waals surface area contributed by atoms with E-state index in [-0.39, 0.29) is 5.41 Å². The van der Waals surface area contributed by atoms with Gasteiger partial charge in [-0.25, -0.2) is 8.78 Å². The van der Waals surface area contributed by atoms with E-state index in [2.05, 4.69) is 24.1 Å².